The standard InChI is InChI=1S/C20H17Cl2N3O/c21-15-6-7-17(22)14(10-15)11-25-9-8-18-16(12-25)20(26)24-19(23-18)13-4-2-1-3-5-13/h1-7,10H,8-9,11-12H2,(H,23,24,26). The molecule has 1 aliphatic heterocycles. The topological polar surface area (TPSA) is 49.0 Å². The molecule has 0 bridgehead atoms. The van der Waals surface area contributed by atoms with E-state index >= 15 is 0 Å². The Labute approximate surface area is 161 Å². The van der Waals surface area contributed by atoms with Crippen molar-refractivity contribution in [3.8, 4) is 11.4 Å². The summed E-state index contributed by atoms with van der Waals surface area (Å²) in [6.07, 6.45) is 0.733. The predicted octanol–water partition coefficient (Wildman–Crippen LogP) is 4.30. The van der Waals surface area contributed by atoms with Crippen molar-refractivity contribution >= 4 is 23.2 Å². The van der Waals surface area contributed by atoms with Crippen LogP contribution in [0.3, 0.4) is 0 Å². The zero-order valence-electron chi connectivity index (χ0n) is 14.0. The number of aromatic amines is 1. The van der Waals surface area contributed by atoms with Gasteiger partial charge in [-0.1, -0.05) is 53.5 Å². The van der Waals surface area contributed by atoms with E-state index in [1.54, 1.807) is 12.1 Å². The first-order chi connectivity index (χ1) is 12.6. The van der Waals surface area contributed by atoms with Gasteiger partial charge < -0.3 is 4.98 Å². The van der Waals surface area contributed by atoms with Crippen LogP contribution in [0.15, 0.2) is 53.3 Å². The molecule has 0 radical (unpaired) electrons. The average molecular weight is 386 g/mol. The molecule has 0 atom stereocenters. The quantitative estimate of drug-likeness (QED) is 0.730. The second-order valence-electron chi connectivity index (χ2n) is 6.40. The maximum Gasteiger partial charge on any atom is 0.255 e. The molecular formula is C20H17Cl2N3O. The summed E-state index contributed by atoms with van der Waals surface area (Å²) in [6, 6.07) is 15.2. The third-order valence-corrected chi connectivity index (χ3v) is 5.20. The van der Waals surface area contributed by atoms with E-state index in [9.17, 15) is 4.79 Å². The maximum atomic E-state index is 12.6. The van der Waals surface area contributed by atoms with Crippen LogP contribution in [0.2, 0.25) is 10.0 Å². The summed E-state index contributed by atoms with van der Waals surface area (Å²) in [5.74, 6) is 0.626. The highest BCUT2D eigenvalue weighted by Crippen LogP contribution is 2.25. The van der Waals surface area contributed by atoms with Crippen molar-refractivity contribution in [2.24, 2.45) is 0 Å². The first-order valence-electron chi connectivity index (χ1n) is 8.44. The van der Waals surface area contributed by atoms with Gasteiger partial charge in [-0.25, -0.2) is 4.98 Å². The molecule has 3 aromatic rings. The summed E-state index contributed by atoms with van der Waals surface area (Å²) >= 11 is 12.3. The van der Waals surface area contributed by atoms with Gasteiger partial charge in [0.2, 0.25) is 0 Å². The maximum absolute atomic E-state index is 12.6. The second kappa shape index (κ2) is 7.23. The van der Waals surface area contributed by atoms with Crippen molar-refractivity contribution < 1.29 is 0 Å². The van der Waals surface area contributed by atoms with E-state index in [2.05, 4.69) is 14.9 Å². The summed E-state index contributed by atoms with van der Waals surface area (Å²) in [4.78, 5) is 22.4. The molecule has 0 aliphatic carbocycles. The van der Waals surface area contributed by atoms with E-state index in [0.29, 0.717) is 29.0 Å². The largest absolute Gasteiger partial charge is 0.306 e. The molecule has 1 aromatic heterocycles. The molecule has 0 spiro atoms. The Morgan fingerprint density at radius 3 is 2.73 bits per heavy atom. The Hall–Kier alpha value is -2.14. The van der Waals surface area contributed by atoms with E-state index in [4.69, 9.17) is 23.2 Å². The molecular weight excluding hydrogens is 369 g/mol. The fourth-order valence-corrected chi connectivity index (χ4v) is 3.63. The minimum atomic E-state index is -0.0734. The van der Waals surface area contributed by atoms with Gasteiger partial charge in [0, 0.05) is 41.7 Å². The first kappa shape index (κ1) is 17.3. The molecule has 1 aliphatic rings. The number of benzene rings is 2. The predicted molar refractivity (Wildman–Crippen MR) is 105 cm³/mol. The van der Waals surface area contributed by atoms with Gasteiger partial charge in [-0.3, -0.25) is 9.69 Å². The van der Waals surface area contributed by atoms with Gasteiger partial charge in [-0.2, -0.15) is 0 Å². The lowest BCUT2D eigenvalue weighted by Gasteiger charge is -2.28. The van der Waals surface area contributed by atoms with Gasteiger partial charge >= 0.3 is 0 Å². The number of rotatable bonds is 3. The highest BCUT2D eigenvalue weighted by molar-refractivity contribution is 6.33. The number of halogens is 2. The minimum absolute atomic E-state index is 0.0734. The Morgan fingerprint density at radius 1 is 1.12 bits per heavy atom. The van der Waals surface area contributed by atoms with E-state index in [1.807, 2.05) is 36.4 Å². The lowest BCUT2D eigenvalue weighted by Crippen LogP contribution is -2.35. The SMILES string of the molecule is O=c1[nH]c(-c2ccccc2)nc2c1CN(Cc1cc(Cl)ccc1Cl)CC2. The molecule has 26 heavy (non-hydrogen) atoms. The van der Waals surface area contributed by atoms with Crippen molar-refractivity contribution in [3.05, 3.63) is 85.8 Å². The van der Waals surface area contributed by atoms with Crippen LogP contribution in [0.1, 0.15) is 16.8 Å². The van der Waals surface area contributed by atoms with Crippen molar-refractivity contribution in [3.63, 3.8) is 0 Å². The molecule has 132 valence electrons. The highest BCUT2D eigenvalue weighted by Gasteiger charge is 2.22. The summed E-state index contributed by atoms with van der Waals surface area (Å²) in [6.45, 7) is 2.02. The Kier molecular flexibility index (Phi) is 4.81. The van der Waals surface area contributed by atoms with Crippen molar-refractivity contribution in [2.45, 2.75) is 19.5 Å². The van der Waals surface area contributed by atoms with Crippen LogP contribution >= 0.6 is 23.2 Å². The fraction of sp³-hybridized carbons (Fsp3) is 0.200. The van der Waals surface area contributed by atoms with Crippen LogP contribution < -0.4 is 5.56 Å². The lowest BCUT2D eigenvalue weighted by molar-refractivity contribution is 0.242. The molecule has 0 unspecified atom stereocenters. The lowest BCUT2D eigenvalue weighted by atomic mass is 10.1. The number of nitrogens with zero attached hydrogens (tertiary/aromatic N) is 2. The number of hydrogen-bond acceptors (Lipinski definition) is 3. The molecule has 6 heteroatoms. The molecule has 4 nitrogen and oxygen atoms in total. The van der Waals surface area contributed by atoms with Gasteiger partial charge in [0.05, 0.1) is 11.3 Å². The van der Waals surface area contributed by atoms with Gasteiger partial charge in [0.25, 0.3) is 5.56 Å². The van der Waals surface area contributed by atoms with E-state index < -0.39 is 0 Å². The number of nitrogens with one attached hydrogen (secondary N) is 1. The minimum Gasteiger partial charge on any atom is -0.306 e. The zero-order valence-corrected chi connectivity index (χ0v) is 15.5. The summed E-state index contributed by atoms with van der Waals surface area (Å²) < 4.78 is 0. The highest BCUT2D eigenvalue weighted by atomic mass is 35.5. The number of H-pyrrole nitrogens is 1. The summed E-state index contributed by atoms with van der Waals surface area (Å²) in [5, 5.41) is 1.35. The zero-order chi connectivity index (χ0) is 18.1. The van der Waals surface area contributed by atoms with Crippen molar-refractivity contribution in [2.75, 3.05) is 6.54 Å². The van der Waals surface area contributed by atoms with Gasteiger partial charge in [0.1, 0.15) is 5.82 Å². The van der Waals surface area contributed by atoms with Crippen LogP contribution in [0.4, 0.5) is 0 Å². The van der Waals surface area contributed by atoms with Crippen molar-refractivity contribution in [1.29, 1.82) is 0 Å². The third-order valence-electron chi connectivity index (χ3n) is 4.60. The molecule has 0 saturated heterocycles. The van der Waals surface area contributed by atoms with Gasteiger partial charge in [0.15, 0.2) is 0 Å². The van der Waals surface area contributed by atoms with Crippen LogP contribution in [0.25, 0.3) is 11.4 Å². The number of hydrogen-bond donors (Lipinski definition) is 1. The Bertz CT molecular complexity index is 1000. The average Bonchev–Trinajstić information content (AvgIpc) is 2.66. The monoisotopic (exact) mass is 385 g/mol. The van der Waals surface area contributed by atoms with E-state index in [1.165, 1.54) is 0 Å². The molecule has 2 aromatic carbocycles. The normalized spacial score (nSPS) is 14.2. The molecule has 2 heterocycles. The molecule has 0 saturated carbocycles. The van der Waals surface area contributed by atoms with Gasteiger partial charge in [-0.05, 0) is 23.8 Å². The smallest absolute Gasteiger partial charge is 0.255 e. The fourth-order valence-electron chi connectivity index (χ4n) is 3.25. The van der Waals surface area contributed by atoms with Crippen molar-refractivity contribution in [1.82, 2.24) is 14.9 Å². The summed E-state index contributed by atoms with van der Waals surface area (Å²) in [7, 11) is 0. The molecule has 0 amide bonds. The molecule has 4 rings (SSSR count). The number of fused-ring (bicyclic) bond motifs is 1. The van der Waals surface area contributed by atoms with Crippen LogP contribution in [-0.2, 0) is 19.5 Å². The summed E-state index contributed by atoms with van der Waals surface area (Å²) in [5.41, 5.74) is 3.42. The second-order valence-corrected chi connectivity index (χ2v) is 7.25. The van der Waals surface area contributed by atoms with Gasteiger partial charge in [-0.15, -0.1) is 0 Å². The number of aromatic nitrogens is 2. The molecule has 0 fully saturated rings. The van der Waals surface area contributed by atoms with Crippen LogP contribution in [-0.4, -0.2) is 21.4 Å². The first-order valence-corrected chi connectivity index (χ1v) is 9.19. The Balaban J connectivity index is 1.59. The van der Waals surface area contributed by atoms with E-state index in [-0.39, 0.29) is 5.56 Å². The molecule has 1 N–H and O–H groups in total. The Morgan fingerprint density at radius 2 is 1.92 bits per heavy atom. The third kappa shape index (κ3) is 3.54. The van der Waals surface area contributed by atoms with Crippen LogP contribution in [0.5, 0.6) is 0 Å². The van der Waals surface area contributed by atoms with E-state index in [0.717, 1.165) is 35.3 Å². The van der Waals surface area contributed by atoms with Crippen LogP contribution in [0, 0.1) is 0 Å².